The van der Waals surface area contributed by atoms with Gasteiger partial charge in [-0.2, -0.15) is 0 Å². The molecule has 1 aromatic heterocycles. The van der Waals surface area contributed by atoms with Gasteiger partial charge in [-0.1, -0.05) is 32.0 Å². The monoisotopic (exact) mass is 422 g/mol. The molecule has 0 aliphatic heterocycles. The normalized spacial score (nSPS) is 12.1. The number of benzene rings is 2. The van der Waals surface area contributed by atoms with Crippen molar-refractivity contribution in [1.82, 2.24) is 4.57 Å². The van der Waals surface area contributed by atoms with E-state index in [1.165, 1.54) is 7.11 Å². The van der Waals surface area contributed by atoms with Gasteiger partial charge in [0.1, 0.15) is 0 Å². The van der Waals surface area contributed by atoms with Crippen molar-refractivity contribution in [3.8, 4) is 5.88 Å². The lowest BCUT2D eigenvalue weighted by Crippen LogP contribution is -2.21. The molecule has 0 amide bonds. The molecule has 3 aromatic rings. The number of hydrogen-bond acceptors (Lipinski definition) is 5. The highest BCUT2D eigenvalue weighted by Crippen LogP contribution is 2.30. The summed E-state index contributed by atoms with van der Waals surface area (Å²) in [7, 11) is 3.10. The number of anilines is 1. The van der Waals surface area contributed by atoms with E-state index in [0.717, 1.165) is 16.5 Å². The molecule has 3 rings (SSSR count). The highest BCUT2D eigenvalue weighted by atomic mass is 16.5. The first-order chi connectivity index (χ1) is 14.7. The number of rotatable bonds is 7. The molecule has 0 bridgehead atoms. The minimum absolute atomic E-state index is 0.0941. The van der Waals surface area contributed by atoms with Gasteiger partial charge in [0.2, 0.25) is 0 Å². The molecule has 0 fully saturated rings. The first-order valence-corrected chi connectivity index (χ1v) is 10.4. The molecule has 1 heterocycles. The average molecular weight is 423 g/mol. The van der Waals surface area contributed by atoms with Crippen LogP contribution in [0.3, 0.4) is 0 Å². The Morgan fingerprint density at radius 1 is 1.10 bits per heavy atom. The van der Waals surface area contributed by atoms with E-state index in [-0.39, 0.29) is 11.6 Å². The van der Waals surface area contributed by atoms with Gasteiger partial charge in [-0.3, -0.25) is 9.36 Å². The van der Waals surface area contributed by atoms with E-state index in [2.05, 4.69) is 25.2 Å². The fourth-order valence-electron chi connectivity index (χ4n) is 3.62. The van der Waals surface area contributed by atoms with Crippen LogP contribution >= 0.6 is 0 Å². The Balaban J connectivity index is 2.09. The predicted octanol–water partition coefficient (Wildman–Crippen LogP) is 4.84. The molecule has 2 aromatic carbocycles. The van der Waals surface area contributed by atoms with Crippen LogP contribution in [0.15, 0.2) is 47.3 Å². The quantitative estimate of drug-likeness (QED) is 0.552. The number of nitrogens with one attached hydrogen (secondary N) is 1. The van der Waals surface area contributed by atoms with Gasteiger partial charge in [-0.05, 0) is 54.5 Å². The van der Waals surface area contributed by atoms with Gasteiger partial charge in [-0.15, -0.1) is 0 Å². The van der Waals surface area contributed by atoms with Crippen molar-refractivity contribution >= 4 is 22.4 Å². The molecule has 0 aliphatic carbocycles. The summed E-state index contributed by atoms with van der Waals surface area (Å²) in [6.07, 6.45) is 0. The molecule has 1 N–H and O–H groups in total. The van der Waals surface area contributed by atoms with Gasteiger partial charge in [0.15, 0.2) is 5.88 Å². The third kappa shape index (κ3) is 4.74. The zero-order valence-electron chi connectivity index (χ0n) is 19.0. The largest absolute Gasteiger partial charge is 0.478 e. The molecule has 0 spiro atoms. The minimum Gasteiger partial charge on any atom is -0.478 e. The fraction of sp³-hybridized carbons (Fsp3) is 0.360. The second kappa shape index (κ2) is 9.25. The maximum absolute atomic E-state index is 13.1. The minimum atomic E-state index is -0.400. The van der Waals surface area contributed by atoms with Crippen LogP contribution in [0.2, 0.25) is 0 Å². The summed E-state index contributed by atoms with van der Waals surface area (Å²) in [5, 5.41) is 4.89. The van der Waals surface area contributed by atoms with Crippen LogP contribution in [0, 0.1) is 12.8 Å². The molecule has 1 unspecified atom stereocenters. The van der Waals surface area contributed by atoms with Crippen molar-refractivity contribution in [2.24, 2.45) is 13.0 Å². The zero-order valence-corrected chi connectivity index (χ0v) is 19.0. The van der Waals surface area contributed by atoms with Gasteiger partial charge in [-0.25, -0.2) is 4.79 Å². The van der Waals surface area contributed by atoms with E-state index < -0.39 is 5.97 Å². The lowest BCUT2D eigenvalue weighted by atomic mass is 9.97. The van der Waals surface area contributed by atoms with Crippen molar-refractivity contribution in [2.75, 3.05) is 19.0 Å². The Hall–Kier alpha value is -3.28. The molecule has 164 valence electrons. The fourth-order valence-corrected chi connectivity index (χ4v) is 3.62. The highest BCUT2D eigenvalue weighted by molar-refractivity contribution is 5.96. The van der Waals surface area contributed by atoms with Crippen LogP contribution in [-0.4, -0.2) is 24.3 Å². The number of carbonyl (C=O) groups is 1. The van der Waals surface area contributed by atoms with Crippen molar-refractivity contribution < 1.29 is 14.3 Å². The SMILES string of the molecule is COC(=O)c1ccccc1NC(C)c1cc(C)cc2c(=O)n(C)c(OCC(C)C)cc12. The molecule has 0 saturated carbocycles. The number of nitrogens with zero attached hydrogens (tertiary/aromatic N) is 1. The summed E-state index contributed by atoms with van der Waals surface area (Å²) >= 11 is 0. The number of methoxy groups -OCH3 is 1. The Morgan fingerprint density at radius 2 is 1.81 bits per heavy atom. The summed E-state index contributed by atoms with van der Waals surface area (Å²) in [6, 6.07) is 13.0. The van der Waals surface area contributed by atoms with Gasteiger partial charge >= 0.3 is 5.97 Å². The zero-order chi connectivity index (χ0) is 22.7. The van der Waals surface area contributed by atoms with E-state index in [0.29, 0.717) is 35.0 Å². The van der Waals surface area contributed by atoms with E-state index in [1.807, 2.05) is 38.1 Å². The van der Waals surface area contributed by atoms with Crippen molar-refractivity contribution in [3.05, 3.63) is 69.5 Å². The van der Waals surface area contributed by atoms with Crippen molar-refractivity contribution in [1.29, 1.82) is 0 Å². The van der Waals surface area contributed by atoms with E-state index >= 15 is 0 Å². The van der Waals surface area contributed by atoms with Gasteiger partial charge in [0, 0.05) is 30.2 Å². The van der Waals surface area contributed by atoms with Crippen LogP contribution in [0.4, 0.5) is 5.69 Å². The van der Waals surface area contributed by atoms with Crippen LogP contribution in [0.5, 0.6) is 5.88 Å². The van der Waals surface area contributed by atoms with Gasteiger partial charge in [0.05, 0.1) is 19.3 Å². The number of para-hydroxylation sites is 1. The maximum Gasteiger partial charge on any atom is 0.339 e. The molecular weight excluding hydrogens is 392 g/mol. The standard InChI is InChI=1S/C25H30N2O4/c1-15(2)14-31-23-13-20-19(11-16(3)12-21(20)24(28)27(23)5)17(4)26-22-10-8-7-9-18(22)25(29)30-6/h7-13,15,17,26H,14H2,1-6H3. The molecular formula is C25H30N2O4. The number of fused-ring (bicyclic) bond motifs is 1. The molecule has 1 atom stereocenters. The summed E-state index contributed by atoms with van der Waals surface area (Å²) in [5.41, 5.74) is 3.00. The lowest BCUT2D eigenvalue weighted by molar-refractivity contribution is 0.0602. The summed E-state index contributed by atoms with van der Waals surface area (Å²) < 4.78 is 12.4. The topological polar surface area (TPSA) is 69.6 Å². The average Bonchev–Trinajstić information content (AvgIpc) is 2.74. The number of aryl methyl sites for hydroxylation is 1. The van der Waals surface area contributed by atoms with Crippen molar-refractivity contribution in [3.63, 3.8) is 0 Å². The number of aromatic nitrogens is 1. The number of esters is 1. The third-order valence-corrected chi connectivity index (χ3v) is 5.23. The molecule has 31 heavy (non-hydrogen) atoms. The Bertz CT molecular complexity index is 1160. The Kier molecular flexibility index (Phi) is 6.68. The first-order valence-electron chi connectivity index (χ1n) is 10.4. The molecule has 6 heteroatoms. The molecule has 0 radical (unpaired) electrons. The predicted molar refractivity (Wildman–Crippen MR) is 124 cm³/mol. The van der Waals surface area contributed by atoms with Crippen LogP contribution in [-0.2, 0) is 11.8 Å². The molecule has 0 saturated heterocycles. The third-order valence-electron chi connectivity index (χ3n) is 5.23. The molecule has 6 nitrogen and oxygen atoms in total. The Labute approximate surface area is 182 Å². The van der Waals surface area contributed by atoms with Crippen molar-refractivity contribution in [2.45, 2.75) is 33.7 Å². The lowest BCUT2D eigenvalue weighted by Gasteiger charge is -2.21. The smallest absolute Gasteiger partial charge is 0.339 e. The highest BCUT2D eigenvalue weighted by Gasteiger charge is 2.18. The van der Waals surface area contributed by atoms with Crippen LogP contribution < -0.4 is 15.6 Å². The van der Waals surface area contributed by atoms with E-state index in [9.17, 15) is 9.59 Å². The summed E-state index contributed by atoms with van der Waals surface area (Å²) in [5.74, 6) is 0.486. The molecule has 0 aliphatic rings. The summed E-state index contributed by atoms with van der Waals surface area (Å²) in [4.78, 5) is 25.2. The number of carbonyl (C=O) groups excluding carboxylic acids is 1. The number of hydrogen-bond donors (Lipinski definition) is 1. The van der Waals surface area contributed by atoms with Gasteiger partial charge < -0.3 is 14.8 Å². The summed E-state index contributed by atoms with van der Waals surface area (Å²) in [6.45, 7) is 8.65. The van der Waals surface area contributed by atoms with E-state index in [1.54, 1.807) is 23.7 Å². The first kappa shape index (κ1) is 22.4. The Morgan fingerprint density at radius 3 is 2.48 bits per heavy atom. The van der Waals surface area contributed by atoms with Crippen LogP contribution in [0.1, 0.15) is 48.3 Å². The second-order valence-electron chi connectivity index (χ2n) is 8.27. The maximum atomic E-state index is 13.1. The second-order valence-corrected chi connectivity index (χ2v) is 8.27. The number of pyridine rings is 1. The number of ether oxygens (including phenoxy) is 2. The van der Waals surface area contributed by atoms with E-state index in [4.69, 9.17) is 9.47 Å². The van der Waals surface area contributed by atoms with Gasteiger partial charge in [0.25, 0.3) is 5.56 Å². The van der Waals surface area contributed by atoms with Crippen LogP contribution in [0.25, 0.3) is 10.8 Å².